The van der Waals surface area contributed by atoms with Crippen molar-refractivity contribution in [3.05, 3.63) is 101 Å². The van der Waals surface area contributed by atoms with Gasteiger partial charge in [0.15, 0.2) is 0 Å². The predicted octanol–water partition coefficient (Wildman–Crippen LogP) is 5.27. The molecule has 0 saturated carbocycles. The Kier molecular flexibility index (Phi) is 7.42. The molecule has 0 aromatic heterocycles. The summed E-state index contributed by atoms with van der Waals surface area (Å²) in [6.07, 6.45) is 9.93. The molecule has 1 amide bonds. The molecule has 1 N–H and O–H groups in total. The molecule has 3 rings (SSSR count). The fraction of sp³-hybridized carbons (Fsp3) is 0.167. The molecule has 0 aliphatic heterocycles. The summed E-state index contributed by atoms with van der Waals surface area (Å²) in [6.45, 7) is 0. The maximum absolute atomic E-state index is 12.5. The van der Waals surface area contributed by atoms with Crippen LogP contribution in [0.1, 0.15) is 18.4 Å². The van der Waals surface area contributed by atoms with Crippen LogP contribution in [0.2, 0.25) is 5.02 Å². The second-order valence-corrected chi connectivity index (χ2v) is 7.07. The Morgan fingerprint density at radius 3 is 2.55 bits per heavy atom. The van der Waals surface area contributed by atoms with E-state index in [0.717, 1.165) is 17.6 Å². The fourth-order valence-electron chi connectivity index (χ4n) is 2.91. The summed E-state index contributed by atoms with van der Waals surface area (Å²) >= 11 is 5.89. The number of benzene rings is 2. The van der Waals surface area contributed by atoms with E-state index in [-0.39, 0.29) is 18.7 Å². The number of carbonyl (C=O) groups is 2. The molecule has 0 spiro atoms. The number of anilines is 1. The lowest BCUT2D eigenvalue weighted by Crippen LogP contribution is -2.27. The Balaban J connectivity index is 1.69. The summed E-state index contributed by atoms with van der Waals surface area (Å²) < 4.78 is 5.70. The third-order valence-corrected chi connectivity index (χ3v) is 4.59. The molecule has 1 atom stereocenters. The number of hydrogen-bond donors (Lipinski definition) is 1. The van der Waals surface area contributed by atoms with Gasteiger partial charge in [-0.15, -0.1) is 0 Å². The minimum absolute atomic E-state index is 0.0330. The Labute approximate surface area is 175 Å². The lowest BCUT2D eigenvalue weighted by molar-refractivity contribution is -0.147. The van der Waals surface area contributed by atoms with Gasteiger partial charge in [0, 0.05) is 10.7 Å². The van der Waals surface area contributed by atoms with E-state index in [1.54, 1.807) is 24.3 Å². The number of para-hydroxylation sites is 1. The normalized spacial score (nSPS) is 13.9. The number of hydrogen-bond acceptors (Lipinski definition) is 3. The van der Waals surface area contributed by atoms with Crippen molar-refractivity contribution in [2.75, 3.05) is 5.32 Å². The fourth-order valence-corrected chi connectivity index (χ4v) is 3.04. The number of allylic oxidation sites excluding steroid dienone is 4. The van der Waals surface area contributed by atoms with Crippen LogP contribution >= 0.6 is 11.6 Å². The maximum atomic E-state index is 12.5. The van der Waals surface area contributed by atoms with Crippen LogP contribution in [0.25, 0.3) is 0 Å². The quantitative estimate of drug-likeness (QED) is 0.636. The monoisotopic (exact) mass is 407 g/mol. The van der Waals surface area contributed by atoms with E-state index in [4.69, 9.17) is 16.3 Å². The highest BCUT2D eigenvalue weighted by atomic mass is 35.5. The highest BCUT2D eigenvalue weighted by Crippen LogP contribution is 2.19. The zero-order valence-electron chi connectivity index (χ0n) is 15.9. The van der Waals surface area contributed by atoms with Crippen molar-refractivity contribution in [1.82, 2.24) is 0 Å². The van der Waals surface area contributed by atoms with Gasteiger partial charge in [-0.3, -0.25) is 9.59 Å². The molecular weight excluding hydrogens is 386 g/mol. The molecule has 1 aliphatic rings. The van der Waals surface area contributed by atoms with Gasteiger partial charge in [-0.2, -0.15) is 0 Å². The third-order valence-electron chi connectivity index (χ3n) is 4.34. The molecule has 0 saturated heterocycles. The van der Waals surface area contributed by atoms with E-state index in [9.17, 15) is 9.59 Å². The molecule has 4 nitrogen and oxygen atoms in total. The van der Waals surface area contributed by atoms with Crippen LogP contribution in [0, 0.1) is 0 Å². The first kappa shape index (κ1) is 20.6. The van der Waals surface area contributed by atoms with Crippen LogP contribution in [-0.4, -0.2) is 18.0 Å². The predicted molar refractivity (Wildman–Crippen MR) is 116 cm³/mol. The Bertz CT molecular complexity index is 930. The van der Waals surface area contributed by atoms with Crippen LogP contribution in [0.3, 0.4) is 0 Å². The molecular formula is C24H22ClNO3. The van der Waals surface area contributed by atoms with Crippen molar-refractivity contribution in [2.24, 2.45) is 0 Å². The average molecular weight is 408 g/mol. The lowest BCUT2D eigenvalue weighted by atomic mass is 10.0. The largest absolute Gasteiger partial charge is 0.457 e. The van der Waals surface area contributed by atoms with Crippen LogP contribution in [0.4, 0.5) is 5.69 Å². The van der Waals surface area contributed by atoms with E-state index in [1.165, 1.54) is 0 Å². The topological polar surface area (TPSA) is 55.4 Å². The number of nitrogens with one attached hydrogen (secondary N) is 1. The standard InChI is InChI=1S/C24H22ClNO3/c25-20-14-12-18(13-15-20)16-24(28)29-22(19-8-4-1-2-5-9-19)17-23(27)26-21-10-6-3-7-11-21/h1,3-15,22H,2,16-17H2,(H,26,27). The highest BCUT2D eigenvalue weighted by molar-refractivity contribution is 6.30. The molecule has 0 radical (unpaired) electrons. The van der Waals surface area contributed by atoms with E-state index in [1.807, 2.05) is 60.7 Å². The smallest absolute Gasteiger partial charge is 0.310 e. The lowest BCUT2D eigenvalue weighted by Gasteiger charge is -2.19. The van der Waals surface area contributed by atoms with E-state index >= 15 is 0 Å². The molecule has 2 aromatic rings. The van der Waals surface area contributed by atoms with Gasteiger partial charge in [0.2, 0.25) is 5.91 Å². The van der Waals surface area contributed by atoms with Crippen molar-refractivity contribution in [1.29, 1.82) is 0 Å². The molecule has 2 aromatic carbocycles. The molecule has 0 fully saturated rings. The first-order valence-electron chi connectivity index (χ1n) is 9.42. The first-order chi connectivity index (χ1) is 14.1. The Morgan fingerprint density at radius 2 is 1.79 bits per heavy atom. The highest BCUT2D eigenvalue weighted by Gasteiger charge is 2.22. The van der Waals surface area contributed by atoms with Crippen LogP contribution < -0.4 is 5.32 Å². The van der Waals surface area contributed by atoms with Gasteiger partial charge >= 0.3 is 5.97 Å². The summed E-state index contributed by atoms with van der Waals surface area (Å²) in [5, 5.41) is 3.45. The molecule has 0 bridgehead atoms. The van der Waals surface area contributed by atoms with Gasteiger partial charge in [0.1, 0.15) is 6.10 Å². The van der Waals surface area contributed by atoms with Gasteiger partial charge < -0.3 is 10.1 Å². The van der Waals surface area contributed by atoms with Gasteiger partial charge in [0.05, 0.1) is 12.8 Å². The molecule has 1 aliphatic carbocycles. The molecule has 29 heavy (non-hydrogen) atoms. The van der Waals surface area contributed by atoms with E-state index in [0.29, 0.717) is 10.7 Å². The van der Waals surface area contributed by atoms with Gasteiger partial charge in [-0.25, -0.2) is 0 Å². The zero-order valence-corrected chi connectivity index (χ0v) is 16.6. The summed E-state index contributed by atoms with van der Waals surface area (Å²) in [4.78, 5) is 25.1. The van der Waals surface area contributed by atoms with E-state index in [2.05, 4.69) is 5.32 Å². The van der Waals surface area contributed by atoms with Crippen molar-refractivity contribution in [3.63, 3.8) is 0 Å². The van der Waals surface area contributed by atoms with Crippen molar-refractivity contribution in [2.45, 2.75) is 25.4 Å². The number of carbonyl (C=O) groups excluding carboxylic acids is 2. The first-order valence-corrected chi connectivity index (χ1v) is 9.80. The summed E-state index contributed by atoms with van der Waals surface area (Å²) in [7, 11) is 0. The summed E-state index contributed by atoms with van der Waals surface area (Å²) in [5.41, 5.74) is 2.29. The van der Waals surface area contributed by atoms with Crippen molar-refractivity contribution < 1.29 is 14.3 Å². The summed E-state index contributed by atoms with van der Waals surface area (Å²) in [6, 6.07) is 16.2. The number of halogens is 1. The molecule has 1 unspecified atom stereocenters. The van der Waals surface area contributed by atoms with Gasteiger partial charge in [-0.05, 0) is 41.8 Å². The second kappa shape index (κ2) is 10.4. The zero-order chi connectivity index (χ0) is 20.5. The van der Waals surface area contributed by atoms with Crippen LogP contribution in [0.15, 0.2) is 90.6 Å². The van der Waals surface area contributed by atoms with Crippen molar-refractivity contribution in [3.8, 4) is 0 Å². The van der Waals surface area contributed by atoms with Crippen LogP contribution in [-0.2, 0) is 20.7 Å². The number of rotatable bonds is 7. The molecule has 148 valence electrons. The van der Waals surface area contributed by atoms with E-state index < -0.39 is 12.1 Å². The van der Waals surface area contributed by atoms with Crippen LogP contribution in [0.5, 0.6) is 0 Å². The number of amides is 1. The maximum Gasteiger partial charge on any atom is 0.310 e. The second-order valence-electron chi connectivity index (χ2n) is 6.63. The third kappa shape index (κ3) is 6.77. The average Bonchev–Trinajstić information content (AvgIpc) is 2.99. The molecule has 0 heterocycles. The summed E-state index contributed by atoms with van der Waals surface area (Å²) in [5.74, 6) is -0.615. The Morgan fingerprint density at radius 1 is 1.03 bits per heavy atom. The van der Waals surface area contributed by atoms with Gasteiger partial charge in [0.25, 0.3) is 0 Å². The SMILES string of the molecule is O=C(CC(OC(=O)Cc1ccc(Cl)cc1)C1=CC=CCC=C1)Nc1ccccc1. The Hall–Kier alpha value is -3.11. The number of ether oxygens (including phenoxy) is 1. The van der Waals surface area contributed by atoms with Gasteiger partial charge in [-0.1, -0.05) is 72.3 Å². The minimum atomic E-state index is -0.669. The number of esters is 1. The van der Waals surface area contributed by atoms with Crippen molar-refractivity contribution >= 4 is 29.2 Å². The minimum Gasteiger partial charge on any atom is -0.457 e. The molecule has 5 heteroatoms.